The Bertz CT molecular complexity index is 455. The minimum absolute atomic E-state index is 0.0656. The predicted molar refractivity (Wildman–Crippen MR) is 78.5 cm³/mol. The summed E-state index contributed by atoms with van der Waals surface area (Å²) in [6.07, 6.45) is 0.465. The Morgan fingerprint density at radius 3 is 2.95 bits per heavy atom. The number of carbonyl (C=O) groups excluding carboxylic acids is 1. The predicted octanol–water partition coefficient (Wildman–Crippen LogP) is 2.66. The van der Waals surface area contributed by atoms with Crippen LogP contribution in [-0.4, -0.2) is 40.9 Å². The number of rotatable bonds is 3. The zero-order valence-corrected chi connectivity index (χ0v) is 12.5. The average Bonchev–Trinajstić information content (AvgIpc) is 2.40. The van der Waals surface area contributed by atoms with Gasteiger partial charge in [-0.25, -0.2) is 0 Å². The fourth-order valence-corrected chi connectivity index (χ4v) is 3.21. The molecule has 0 spiro atoms. The van der Waals surface area contributed by atoms with Crippen LogP contribution in [0, 0.1) is 5.92 Å². The van der Waals surface area contributed by atoms with Crippen LogP contribution < -0.4 is 0 Å². The molecule has 0 aromatic heterocycles. The first-order chi connectivity index (χ1) is 9.08. The number of benzene rings is 1. The summed E-state index contributed by atoms with van der Waals surface area (Å²) < 4.78 is 0. The van der Waals surface area contributed by atoms with Gasteiger partial charge in [0.05, 0.1) is 16.9 Å². The second kappa shape index (κ2) is 6.64. The molecule has 1 saturated heterocycles. The maximum absolute atomic E-state index is 12.1. The number of halogens is 1. The van der Waals surface area contributed by atoms with Gasteiger partial charge in [-0.1, -0.05) is 30.7 Å². The standard InChI is InChI=1S/C14H18ClNO2S/c1-10-6-7-16(8-12(10)17)14(18)9-19-13-5-3-2-4-11(13)15/h2-5,10,12,17H,6-9H2,1H3. The van der Waals surface area contributed by atoms with Gasteiger partial charge in [-0.05, 0) is 24.5 Å². The molecule has 1 amide bonds. The van der Waals surface area contributed by atoms with Gasteiger partial charge in [0.1, 0.15) is 0 Å². The van der Waals surface area contributed by atoms with E-state index >= 15 is 0 Å². The first kappa shape index (κ1) is 14.7. The summed E-state index contributed by atoms with van der Waals surface area (Å²) in [7, 11) is 0. The van der Waals surface area contributed by atoms with E-state index in [1.807, 2.05) is 31.2 Å². The molecule has 19 heavy (non-hydrogen) atoms. The summed E-state index contributed by atoms with van der Waals surface area (Å²) in [5.74, 6) is 0.710. The molecule has 5 heteroatoms. The van der Waals surface area contributed by atoms with Gasteiger partial charge < -0.3 is 10.0 Å². The molecule has 3 nitrogen and oxygen atoms in total. The number of β-amino-alcohol motifs (C(OH)–C–C–N with tert-alkyl or cyclic N) is 1. The van der Waals surface area contributed by atoms with Crippen molar-refractivity contribution < 1.29 is 9.90 Å². The van der Waals surface area contributed by atoms with Gasteiger partial charge in [0, 0.05) is 18.0 Å². The molecule has 104 valence electrons. The molecule has 1 fully saturated rings. The van der Waals surface area contributed by atoms with Gasteiger partial charge in [0.2, 0.25) is 5.91 Å². The van der Waals surface area contributed by atoms with Gasteiger partial charge in [0.15, 0.2) is 0 Å². The largest absolute Gasteiger partial charge is 0.391 e. The molecule has 1 aliphatic rings. The van der Waals surface area contributed by atoms with Crippen molar-refractivity contribution in [3.63, 3.8) is 0 Å². The molecular formula is C14H18ClNO2S. The Morgan fingerprint density at radius 1 is 1.53 bits per heavy atom. The quantitative estimate of drug-likeness (QED) is 0.872. The van der Waals surface area contributed by atoms with E-state index < -0.39 is 6.10 Å². The molecule has 1 aromatic rings. The second-order valence-electron chi connectivity index (χ2n) is 4.89. The fourth-order valence-electron chi connectivity index (χ4n) is 2.07. The highest BCUT2D eigenvalue weighted by Crippen LogP contribution is 2.27. The third-order valence-electron chi connectivity index (χ3n) is 3.46. The van der Waals surface area contributed by atoms with E-state index in [4.69, 9.17) is 11.6 Å². The SMILES string of the molecule is CC1CCN(C(=O)CSc2ccccc2Cl)CC1O. The van der Waals surface area contributed by atoms with Crippen molar-refractivity contribution in [1.82, 2.24) is 4.90 Å². The number of aliphatic hydroxyl groups is 1. The zero-order valence-electron chi connectivity index (χ0n) is 10.9. The zero-order chi connectivity index (χ0) is 13.8. The van der Waals surface area contributed by atoms with Crippen molar-refractivity contribution >= 4 is 29.3 Å². The highest BCUT2D eigenvalue weighted by atomic mass is 35.5. The third kappa shape index (κ3) is 3.88. The molecule has 2 atom stereocenters. The highest BCUT2D eigenvalue weighted by Gasteiger charge is 2.27. The van der Waals surface area contributed by atoms with Gasteiger partial charge in [-0.15, -0.1) is 11.8 Å². The number of nitrogens with zero attached hydrogens (tertiary/aromatic N) is 1. The maximum Gasteiger partial charge on any atom is 0.233 e. The van der Waals surface area contributed by atoms with Crippen LogP contribution in [0.25, 0.3) is 0 Å². The molecular weight excluding hydrogens is 282 g/mol. The van der Waals surface area contributed by atoms with Crippen LogP contribution >= 0.6 is 23.4 Å². The van der Waals surface area contributed by atoms with E-state index in [9.17, 15) is 9.90 Å². The Hall–Kier alpha value is -0.710. The lowest BCUT2D eigenvalue weighted by Crippen LogP contribution is -2.46. The van der Waals surface area contributed by atoms with Crippen molar-refractivity contribution in [2.75, 3.05) is 18.8 Å². The Balaban J connectivity index is 1.87. The van der Waals surface area contributed by atoms with Gasteiger partial charge in [-0.2, -0.15) is 0 Å². The number of carbonyl (C=O) groups is 1. The number of aliphatic hydroxyl groups excluding tert-OH is 1. The van der Waals surface area contributed by atoms with Crippen molar-refractivity contribution in [3.8, 4) is 0 Å². The van der Waals surface area contributed by atoms with Crippen LogP contribution in [0.5, 0.6) is 0 Å². The number of hydrogen-bond acceptors (Lipinski definition) is 3. The normalized spacial score (nSPS) is 23.4. The van der Waals surface area contributed by atoms with Crippen LogP contribution in [0.3, 0.4) is 0 Å². The first-order valence-corrected chi connectivity index (χ1v) is 7.77. The van der Waals surface area contributed by atoms with Crippen molar-refractivity contribution in [2.24, 2.45) is 5.92 Å². The number of likely N-dealkylation sites (tertiary alicyclic amines) is 1. The van der Waals surface area contributed by atoms with Crippen molar-refractivity contribution in [2.45, 2.75) is 24.3 Å². The lowest BCUT2D eigenvalue weighted by molar-refractivity contribution is -0.132. The van der Waals surface area contributed by atoms with Crippen LogP contribution in [-0.2, 0) is 4.79 Å². The monoisotopic (exact) mass is 299 g/mol. The Morgan fingerprint density at radius 2 is 2.26 bits per heavy atom. The van der Waals surface area contributed by atoms with E-state index in [0.717, 1.165) is 17.9 Å². The van der Waals surface area contributed by atoms with Crippen LogP contribution in [0.1, 0.15) is 13.3 Å². The summed E-state index contributed by atoms with van der Waals surface area (Å²) in [5.41, 5.74) is 0. The topological polar surface area (TPSA) is 40.5 Å². The van der Waals surface area contributed by atoms with E-state index in [0.29, 0.717) is 17.3 Å². The summed E-state index contributed by atoms with van der Waals surface area (Å²) in [4.78, 5) is 14.8. The molecule has 0 bridgehead atoms. The van der Waals surface area contributed by atoms with Gasteiger partial charge in [0.25, 0.3) is 0 Å². The maximum atomic E-state index is 12.1. The van der Waals surface area contributed by atoms with E-state index in [1.54, 1.807) is 4.90 Å². The Labute approximate surface area is 122 Å². The summed E-state index contributed by atoms with van der Waals surface area (Å²) in [6, 6.07) is 7.51. The lowest BCUT2D eigenvalue weighted by atomic mass is 9.96. The highest BCUT2D eigenvalue weighted by molar-refractivity contribution is 8.00. The third-order valence-corrected chi connectivity index (χ3v) is 4.96. The van der Waals surface area contributed by atoms with Crippen molar-refractivity contribution in [3.05, 3.63) is 29.3 Å². The molecule has 2 rings (SSSR count). The minimum atomic E-state index is -0.400. The molecule has 1 heterocycles. The summed E-state index contributed by atoms with van der Waals surface area (Å²) >= 11 is 7.50. The fraction of sp³-hybridized carbons (Fsp3) is 0.500. The molecule has 0 radical (unpaired) electrons. The van der Waals surface area contributed by atoms with Crippen LogP contribution in [0.4, 0.5) is 0 Å². The molecule has 2 unspecified atom stereocenters. The molecule has 1 N–H and O–H groups in total. The molecule has 0 saturated carbocycles. The second-order valence-corrected chi connectivity index (χ2v) is 6.32. The van der Waals surface area contributed by atoms with E-state index in [-0.39, 0.29) is 11.8 Å². The summed E-state index contributed by atoms with van der Waals surface area (Å²) in [5, 5.41) is 10.5. The molecule has 1 aromatic carbocycles. The van der Waals surface area contributed by atoms with Gasteiger partial charge >= 0.3 is 0 Å². The average molecular weight is 300 g/mol. The lowest BCUT2D eigenvalue weighted by Gasteiger charge is -2.34. The minimum Gasteiger partial charge on any atom is -0.391 e. The number of piperidine rings is 1. The molecule has 1 aliphatic heterocycles. The molecule has 0 aliphatic carbocycles. The smallest absolute Gasteiger partial charge is 0.233 e. The number of thioether (sulfide) groups is 1. The number of amides is 1. The first-order valence-electron chi connectivity index (χ1n) is 6.41. The van der Waals surface area contributed by atoms with Gasteiger partial charge in [-0.3, -0.25) is 4.79 Å². The van der Waals surface area contributed by atoms with Crippen molar-refractivity contribution in [1.29, 1.82) is 0 Å². The van der Waals surface area contributed by atoms with E-state index in [1.165, 1.54) is 11.8 Å². The number of hydrogen-bond donors (Lipinski definition) is 1. The summed E-state index contributed by atoms with van der Waals surface area (Å²) in [6.45, 7) is 3.20. The van der Waals surface area contributed by atoms with E-state index in [2.05, 4.69) is 0 Å². The van der Waals surface area contributed by atoms with Crippen LogP contribution in [0.15, 0.2) is 29.2 Å². The Kier molecular flexibility index (Phi) is 5.13. The van der Waals surface area contributed by atoms with Crippen LogP contribution in [0.2, 0.25) is 5.02 Å².